The second-order valence-electron chi connectivity index (χ2n) is 4.39. The molecule has 0 radical (unpaired) electrons. The monoisotopic (exact) mass is 308 g/mol. The second-order valence-corrected chi connectivity index (χ2v) is 6.17. The highest BCUT2D eigenvalue weighted by molar-refractivity contribution is 7.73. The Morgan fingerprint density at radius 1 is 1.50 bits per heavy atom. The van der Waals surface area contributed by atoms with Crippen LogP contribution in [0.25, 0.3) is 0 Å². The summed E-state index contributed by atoms with van der Waals surface area (Å²) < 4.78 is 5.87. The maximum absolute atomic E-state index is 12.3. The number of thiazole rings is 1. The van der Waals surface area contributed by atoms with Crippen LogP contribution in [0.3, 0.4) is 0 Å². The molecule has 0 aliphatic carbocycles. The minimum Gasteiger partial charge on any atom is -0.497 e. The average molecular weight is 308 g/mol. The fraction of sp³-hybridized carbons (Fsp3) is 0.286. The molecule has 4 nitrogen and oxygen atoms in total. The number of ether oxygens (including phenoxy) is 1. The quantitative estimate of drug-likeness (QED) is 0.881. The summed E-state index contributed by atoms with van der Waals surface area (Å²) in [5.41, 5.74) is 1.78. The number of amides is 1. The molecule has 0 bridgehead atoms. The lowest BCUT2D eigenvalue weighted by Crippen LogP contribution is -2.27. The summed E-state index contributed by atoms with van der Waals surface area (Å²) in [6, 6.07) is 7.43. The molecule has 1 amide bonds. The van der Waals surface area contributed by atoms with Crippen LogP contribution >= 0.6 is 23.6 Å². The molecule has 0 aliphatic heterocycles. The Morgan fingerprint density at radius 3 is 2.85 bits per heavy atom. The molecule has 1 N–H and O–H groups in total. The van der Waals surface area contributed by atoms with Crippen LogP contribution in [0.1, 0.15) is 10.6 Å². The number of benzene rings is 1. The van der Waals surface area contributed by atoms with Gasteiger partial charge in [0.15, 0.2) is 3.95 Å². The van der Waals surface area contributed by atoms with Crippen molar-refractivity contribution in [1.82, 2.24) is 4.98 Å². The van der Waals surface area contributed by atoms with Gasteiger partial charge in [-0.3, -0.25) is 4.79 Å². The highest BCUT2D eigenvalue weighted by Crippen LogP contribution is 2.22. The molecule has 0 spiro atoms. The summed E-state index contributed by atoms with van der Waals surface area (Å²) in [5, 5.41) is 0. The normalized spacial score (nSPS) is 10.3. The summed E-state index contributed by atoms with van der Waals surface area (Å²) >= 11 is 6.54. The summed E-state index contributed by atoms with van der Waals surface area (Å²) in [6.45, 7) is 1.93. The van der Waals surface area contributed by atoms with E-state index < -0.39 is 0 Å². The zero-order valence-corrected chi connectivity index (χ0v) is 13.2. The van der Waals surface area contributed by atoms with Gasteiger partial charge in [-0.25, -0.2) is 0 Å². The van der Waals surface area contributed by atoms with Crippen molar-refractivity contribution in [3.8, 4) is 5.75 Å². The van der Waals surface area contributed by atoms with E-state index >= 15 is 0 Å². The number of aromatic amines is 1. The van der Waals surface area contributed by atoms with Gasteiger partial charge in [0, 0.05) is 29.4 Å². The lowest BCUT2D eigenvalue weighted by molar-refractivity contribution is -0.117. The number of H-pyrrole nitrogens is 1. The van der Waals surface area contributed by atoms with Gasteiger partial charge in [-0.1, -0.05) is 6.07 Å². The van der Waals surface area contributed by atoms with Crippen molar-refractivity contribution in [3.63, 3.8) is 0 Å². The maximum Gasteiger partial charge on any atom is 0.232 e. The third kappa shape index (κ3) is 3.26. The van der Waals surface area contributed by atoms with E-state index in [-0.39, 0.29) is 5.91 Å². The molecule has 0 atom stereocenters. The van der Waals surface area contributed by atoms with E-state index in [0.29, 0.717) is 10.4 Å². The van der Waals surface area contributed by atoms with Gasteiger partial charge >= 0.3 is 0 Å². The third-order valence-corrected chi connectivity index (χ3v) is 4.39. The molecule has 1 aromatic heterocycles. The van der Waals surface area contributed by atoms with E-state index in [1.807, 2.05) is 31.2 Å². The van der Waals surface area contributed by atoms with Gasteiger partial charge in [0.25, 0.3) is 0 Å². The number of anilines is 1. The van der Waals surface area contributed by atoms with Crippen molar-refractivity contribution in [1.29, 1.82) is 0 Å². The molecule has 106 valence electrons. The van der Waals surface area contributed by atoms with Crippen molar-refractivity contribution in [2.45, 2.75) is 13.3 Å². The van der Waals surface area contributed by atoms with Crippen LogP contribution in [0.5, 0.6) is 5.75 Å². The predicted molar refractivity (Wildman–Crippen MR) is 84.3 cm³/mol. The van der Waals surface area contributed by atoms with Gasteiger partial charge in [-0.05, 0) is 31.3 Å². The van der Waals surface area contributed by atoms with Crippen LogP contribution in [0.2, 0.25) is 0 Å². The highest BCUT2D eigenvalue weighted by atomic mass is 32.1. The molecule has 0 aliphatic rings. The molecule has 6 heteroatoms. The lowest BCUT2D eigenvalue weighted by atomic mass is 10.2. The second kappa shape index (κ2) is 6.19. The van der Waals surface area contributed by atoms with Crippen molar-refractivity contribution in [2.24, 2.45) is 0 Å². The maximum atomic E-state index is 12.3. The number of carbonyl (C=O) groups is 1. The summed E-state index contributed by atoms with van der Waals surface area (Å²) in [4.78, 5) is 18.0. The number of aromatic nitrogens is 1. The zero-order valence-electron chi connectivity index (χ0n) is 11.6. The predicted octanol–water partition coefficient (Wildman–Crippen LogP) is 3.33. The molecule has 2 aromatic rings. The molecule has 0 fully saturated rings. The van der Waals surface area contributed by atoms with Gasteiger partial charge in [0.05, 0.1) is 13.5 Å². The van der Waals surface area contributed by atoms with Gasteiger partial charge in [-0.15, -0.1) is 11.3 Å². The number of likely N-dealkylation sites (N-methyl/N-ethyl adjacent to an activating group) is 1. The molecule has 0 saturated carbocycles. The Kier molecular flexibility index (Phi) is 4.57. The Bertz CT molecular complexity index is 676. The smallest absolute Gasteiger partial charge is 0.232 e. The molecule has 1 aromatic carbocycles. The van der Waals surface area contributed by atoms with Gasteiger partial charge < -0.3 is 14.6 Å². The van der Waals surface area contributed by atoms with Crippen molar-refractivity contribution >= 4 is 35.1 Å². The average Bonchev–Trinajstić information content (AvgIpc) is 2.76. The summed E-state index contributed by atoms with van der Waals surface area (Å²) in [7, 11) is 3.37. The van der Waals surface area contributed by atoms with Crippen molar-refractivity contribution in [3.05, 3.63) is 38.8 Å². The summed E-state index contributed by atoms with van der Waals surface area (Å²) in [5.74, 6) is 0.752. The number of hydrogen-bond donors (Lipinski definition) is 1. The Labute approximate surface area is 127 Å². The van der Waals surface area contributed by atoms with Crippen LogP contribution in [0, 0.1) is 10.9 Å². The topological polar surface area (TPSA) is 45.3 Å². The third-order valence-electron chi connectivity index (χ3n) is 3.05. The first-order valence-electron chi connectivity index (χ1n) is 6.10. The zero-order chi connectivity index (χ0) is 14.7. The van der Waals surface area contributed by atoms with E-state index in [1.54, 1.807) is 19.1 Å². The Balaban J connectivity index is 2.16. The van der Waals surface area contributed by atoms with E-state index in [9.17, 15) is 4.79 Å². The number of carbonyl (C=O) groups excluding carboxylic acids is 1. The van der Waals surface area contributed by atoms with Crippen LogP contribution in [0.15, 0.2) is 24.3 Å². The van der Waals surface area contributed by atoms with Crippen LogP contribution in [-0.2, 0) is 11.2 Å². The molecule has 2 rings (SSSR count). The fourth-order valence-corrected chi connectivity index (χ4v) is 3.11. The number of nitrogens with one attached hydrogen (secondary N) is 1. The first-order chi connectivity index (χ1) is 9.51. The van der Waals surface area contributed by atoms with Gasteiger partial charge in [0.1, 0.15) is 5.75 Å². The lowest BCUT2D eigenvalue weighted by Gasteiger charge is -2.17. The van der Waals surface area contributed by atoms with Gasteiger partial charge in [0.2, 0.25) is 5.91 Å². The molecular weight excluding hydrogens is 292 g/mol. The molecule has 0 unspecified atom stereocenters. The van der Waals surface area contributed by atoms with Crippen LogP contribution < -0.4 is 9.64 Å². The number of nitrogens with zero attached hydrogens (tertiary/aromatic N) is 1. The van der Waals surface area contributed by atoms with E-state index in [0.717, 1.165) is 22.0 Å². The van der Waals surface area contributed by atoms with Crippen molar-refractivity contribution in [2.75, 3.05) is 19.1 Å². The van der Waals surface area contributed by atoms with Crippen LogP contribution in [-0.4, -0.2) is 25.0 Å². The molecular formula is C14H16N2O2S2. The van der Waals surface area contributed by atoms with Gasteiger partial charge in [-0.2, -0.15) is 0 Å². The first kappa shape index (κ1) is 14.7. The standard InChI is InChI=1S/C14H16N2O2S2/c1-9-12(20-14(19)15-9)8-13(17)16(2)10-5-4-6-11(7-10)18-3/h4-7H,8H2,1-3H3,(H,15,19). The van der Waals surface area contributed by atoms with E-state index in [1.165, 1.54) is 11.3 Å². The molecule has 1 heterocycles. The highest BCUT2D eigenvalue weighted by Gasteiger charge is 2.14. The number of rotatable bonds is 4. The SMILES string of the molecule is COc1cccc(N(C)C(=O)Cc2sc(=S)[nH]c2C)c1. The fourth-order valence-electron chi connectivity index (χ4n) is 1.82. The molecule has 20 heavy (non-hydrogen) atoms. The number of hydrogen-bond acceptors (Lipinski definition) is 4. The summed E-state index contributed by atoms with van der Waals surface area (Å²) in [6.07, 6.45) is 0.345. The number of aryl methyl sites for hydroxylation is 1. The largest absolute Gasteiger partial charge is 0.497 e. The Hall–Kier alpha value is -1.66. The van der Waals surface area contributed by atoms with E-state index in [4.69, 9.17) is 17.0 Å². The van der Waals surface area contributed by atoms with E-state index in [2.05, 4.69) is 4.98 Å². The van der Waals surface area contributed by atoms with Crippen LogP contribution in [0.4, 0.5) is 5.69 Å². The van der Waals surface area contributed by atoms with Crippen molar-refractivity contribution < 1.29 is 9.53 Å². The first-order valence-corrected chi connectivity index (χ1v) is 7.33. The minimum atomic E-state index is 0.0200. The number of methoxy groups -OCH3 is 1. The molecule has 0 saturated heterocycles. The Morgan fingerprint density at radius 2 is 2.25 bits per heavy atom. The minimum absolute atomic E-state index is 0.0200.